The van der Waals surface area contributed by atoms with E-state index < -0.39 is 27.3 Å². The zero-order chi connectivity index (χ0) is 18.2. The Bertz CT molecular complexity index is 1010. The van der Waals surface area contributed by atoms with E-state index in [0.29, 0.717) is 16.7 Å². The number of hydrogen-bond donors (Lipinski definition) is 1. The molecule has 0 radical (unpaired) electrons. The first kappa shape index (κ1) is 16.7. The lowest BCUT2D eigenvalue weighted by atomic mass is 10.1. The van der Waals surface area contributed by atoms with Crippen molar-refractivity contribution in [2.24, 2.45) is 0 Å². The number of carbonyl (C=O) groups excluding carboxylic acids is 2. The Labute approximate surface area is 143 Å². The molecule has 3 rings (SSSR count). The Morgan fingerprint density at radius 2 is 1.76 bits per heavy atom. The number of benzene rings is 2. The second kappa shape index (κ2) is 6.03. The number of carbonyl (C=O) groups is 2. The number of nitriles is 1. The Kier molecular flexibility index (Phi) is 4.02. The highest BCUT2D eigenvalue weighted by Gasteiger charge is 2.35. The van der Waals surface area contributed by atoms with Gasteiger partial charge < -0.3 is 0 Å². The third kappa shape index (κ3) is 2.86. The summed E-state index contributed by atoms with van der Waals surface area (Å²) in [6.07, 6.45) is 1.48. The SMILES string of the molecule is C=S(=O)(NC#N)c1ccc(CN2C(=O)c3ccccc3C2=O)cc1F. The van der Waals surface area contributed by atoms with Gasteiger partial charge in [0.25, 0.3) is 11.8 Å². The zero-order valence-corrected chi connectivity index (χ0v) is 13.7. The number of nitrogens with one attached hydrogen (secondary N) is 1. The van der Waals surface area contributed by atoms with Gasteiger partial charge >= 0.3 is 0 Å². The third-order valence-electron chi connectivity index (χ3n) is 3.78. The minimum Gasteiger partial charge on any atom is -0.270 e. The van der Waals surface area contributed by atoms with Gasteiger partial charge in [0.15, 0.2) is 6.19 Å². The minimum atomic E-state index is -3.28. The summed E-state index contributed by atoms with van der Waals surface area (Å²) in [5.74, 6) is 1.58. The molecule has 0 fully saturated rings. The van der Waals surface area contributed by atoms with Crippen LogP contribution in [0.3, 0.4) is 0 Å². The minimum absolute atomic E-state index is 0.118. The van der Waals surface area contributed by atoms with Gasteiger partial charge in [0.05, 0.1) is 32.3 Å². The van der Waals surface area contributed by atoms with Gasteiger partial charge in [-0.2, -0.15) is 5.26 Å². The second-order valence-corrected chi connectivity index (χ2v) is 7.39. The molecule has 0 aliphatic carbocycles. The van der Waals surface area contributed by atoms with Gasteiger partial charge in [0, 0.05) is 0 Å². The number of rotatable bonds is 4. The largest absolute Gasteiger partial charge is 0.270 e. The van der Waals surface area contributed by atoms with E-state index in [9.17, 15) is 18.2 Å². The quantitative estimate of drug-likeness (QED) is 0.390. The lowest BCUT2D eigenvalue weighted by Gasteiger charge is -2.15. The molecule has 2 aromatic carbocycles. The van der Waals surface area contributed by atoms with Crippen LogP contribution in [0.15, 0.2) is 47.4 Å². The second-order valence-electron chi connectivity index (χ2n) is 5.40. The predicted octanol–water partition coefficient (Wildman–Crippen LogP) is 1.68. The number of amides is 2. The summed E-state index contributed by atoms with van der Waals surface area (Å²) in [7, 11) is -3.28. The summed E-state index contributed by atoms with van der Waals surface area (Å²) in [4.78, 5) is 25.4. The Morgan fingerprint density at radius 1 is 1.16 bits per heavy atom. The van der Waals surface area contributed by atoms with Crippen molar-refractivity contribution in [2.75, 3.05) is 0 Å². The maximum atomic E-state index is 14.2. The van der Waals surface area contributed by atoms with Crippen LogP contribution in [-0.4, -0.2) is 26.8 Å². The lowest BCUT2D eigenvalue weighted by molar-refractivity contribution is 0.0642. The van der Waals surface area contributed by atoms with Crippen molar-refractivity contribution in [2.45, 2.75) is 11.4 Å². The van der Waals surface area contributed by atoms with Gasteiger partial charge in [-0.25, -0.2) is 13.3 Å². The van der Waals surface area contributed by atoms with Crippen molar-refractivity contribution in [1.82, 2.24) is 9.62 Å². The summed E-state index contributed by atoms with van der Waals surface area (Å²) in [5, 5.41) is 8.56. The molecule has 0 saturated carbocycles. The summed E-state index contributed by atoms with van der Waals surface area (Å²) in [6, 6.07) is 10.2. The number of fused-ring (bicyclic) bond motifs is 1. The Morgan fingerprint density at radius 3 is 2.28 bits per heavy atom. The van der Waals surface area contributed by atoms with Crippen LogP contribution >= 0.6 is 0 Å². The number of halogens is 1. The van der Waals surface area contributed by atoms with Crippen LogP contribution in [0.1, 0.15) is 26.3 Å². The van der Waals surface area contributed by atoms with E-state index in [-0.39, 0.29) is 11.4 Å². The van der Waals surface area contributed by atoms with Gasteiger partial charge in [-0.15, -0.1) is 0 Å². The number of hydrogen-bond acceptors (Lipinski definition) is 4. The fourth-order valence-electron chi connectivity index (χ4n) is 2.60. The van der Waals surface area contributed by atoms with Crippen molar-refractivity contribution in [1.29, 1.82) is 5.26 Å². The van der Waals surface area contributed by atoms with Crippen LogP contribution in [0.25, 0.3) is 0 Å². The van der Waals surface area contributed by atoms with Gasteiger partial charge in [-0.05, 0) is 35.7 Å². The molecule has 2 aromatic rings. The van der Waals surface area contributed by atoms with E-state index in [4.69, 9.17) is 5.26 Å². The molecule has 1 aliphatic heterocycles. The molecule has 25 heavy (non-hydrogen) atoms. The summed E-state index contributed by atoms with van der Waals surface area (Å²) in [5.41, 5.74) is 0.968. The topological polar surface area (TPSA) is 90.3 Å². The van der Waals surface area contributed by atoms with Crippen molar-refractivity contribution >= 4 is 27.4 Å². The fraction of sp³-hybridized carbons (Fsp3) is 0.0588. The summed E-state index contributed by atoms with van der Waals surface area (Å²) >= 11 is 0. The summed E-state index contributed by atoms with van der Waals surface area (Å²) in [6.45, 7) is -0.118. The number of nitrogens with zero attached hydrogens (tertiary/aromatic N) is 2. The monoisotopic (exact) mass is 357 g/mol. The smallest absolute Gasteiger partial charge is 0.261 e. The van der Waals surface area contributed by atoms with E-state index >= 15 is 0 Å². The highest BCUT2D eigenvalue weighted by Crippen LogP contribution is 2.25. The predicted molar refractivity (Wildman–Crippen MR) is 89.3 cm³/mol. The van der Waals surface area contributed by atoms with Crippen LogP contribution in [-0.2, 0) is 16.3 Å². The van der Waals surface area contributed by atoms with Crippen molar-refractivity contribution in [3.63, 3.8) is 0 Å². The average molecular weight is 357 g/mol. The first-order valence-electron chi connectivity index (χ1n) is 7.12. The Hall–Kier alpha value is -3.18. The van der Waals surface area contributed by atoms with Crippen LogP contribution in [0.5, 0.6) is 0 Å². The molecule has 126 valence electrons. The van der Waals surface area contributed by atoms with Crippen molar-refractivity contribution < 1.29 is 18.2 Å². The van der Waals surface area contributed by atoms with Gasteiger partial charge in [-0.1, -0.05) is 18.2 Å². The molecule has 1 aliphatic rings. The van der Waals surface area contributed by atoms with Crippen LogP contribution in [0.2, 0.25) is 0 Å². The molecule has 8 heteroatoms. The maximum absolute atomic E-state index is 14.2. The van der Waals surface area contributed by atoms with Crippen LogP contribution < -0.4 is 4.72 Å². The highest BCUT2D eigenvalue weighted by atomic mass is 32.2. The number of imide groups is 1. The van der Waals surface area contributed by atoms with Gasteiger partial charge in [0.2, 0.25) is 0 Å². The van der Waals surface area contributed by atoms with E-state index in [1.54, 1.807) is 24.3 Å². The normalized spacial score (nSPS) is 15.4. The molecule has 1 heterocycles. The molecule has 0 spiro atoms. The standard InChI is InChI=1S/C17H12FN3O3S/c1-25(24,20-10-19)15-7-6-11(8-14(15)18)9-21-16(22)12-4-2-3-5-13(12)17(21)23/h2-8H,1,9H2,(H,20,24). The van der Waals surface area contributed by atoms with Gasteiger partial charge in [0.1, 0.15) is 5.82 Å². The first-order valence-corrected chi connectivity index (χ1v) is 8.84. The highest BCUT2D eigenvalue weighted by molar-refractivity contribution is 7.98. The zero-order valence-electron chi connectivity index (χ0n) is 12.9. The van der Waals surface area contributed by atoms with Crippen LogP contribution in [0.4, 0.5) is 4.39 Å². The molecule has 0 saturated heterocycles. The van der Waals surface area contributed by atoms with Gasteiger partial charge in [-0.3, -0.25) is 14.5 Å². The average Bonchev–Trinajstić information content (AvgIpc) is 2.80. The molecule has 0 aromatic heterocycles. The van der Waals surface area contributed by atoms with Crippen LogP contribution in [0, 0.1) is 17.3 Å². The molecule has 1 atom stereocenters. The Balaban J connectivity index is 1.89. The molecule has 0 bridgehead atoms. The fourth-order valence-corrected chi connectivity index (χ4v) is 3.52. The molecule has 6 nitrogen and oxygen atoms in total. The lowest BCUT2D eigenvalue weighted by Crippen LogP contribution is -2.29. The summed E-state index contributed by atoms with van der Waals surface area (Å²) < 4.78 is 28.3. The van der Waals surface area contributed by atoms with E-state index in [1.807, 2.05) is 4.72 Å². The molecule has 2 amide bonds. The molecular weight excluding hydrogens is 345 g/mol. The molecule has 1 unspecified atom stereocenters. The molecule has 1 N–H and O–H groups in total. The van der Waals surface area contributed by atoms with E-state index in [2.05, 4.69) is 5.87 Å². The molecular formula is C17H12FN3O3S. The van der Waals surface area contributed by atoms with Crippen molar-refractivity contribution in [3.8, 4) is 6.19 Å². The third-order valence-corrected chi connectivity index (χ3v) is 5.24. The van der Waals surface area contributed by atoms with E-state index in [0.717, 1.165) is 11.0 Å². The first-order chi connectivity index (χ1) is 11.8. The maximum Gasteiger partial charge on any atom is 0.261 e. The van der Waals surface area contributed by atoms with E-state index in [1.165, 1.54) is 18.3 Å². The van der Waals surface area contributed by atoms with Crippen molar-refractivity contribution in [3.05, 3.63) is 65.0 Å².